The molecule has 0 unspecified atom stereocenters. The summed E-state index contributed by atoms with van der Waals surface area (Å²) in [6.45, 7) is 3.74. The molecule has 122 valence electrons. The monoisotopic (exact) mass is 360 g/mol. The van der Waals surface area contributed by atoms with Crippen LogP contribution in [-0.2, 0) is 9.59 Å². The Labute approximate surface area is 150 Å². The molecule has 0 heterocycles. The van der Waals surface area contributed by atoms with Gasteiger partial charge in [-0.05, 0) is 37.6 Å². The van der Waals surface area contributed by atoms with E-state index in [0.29, 0.717) is 5.69 Å². The van der Waals surface area contributed by atoms with Gasteiger partial charge in [0.15, 0.2) is 0 Å². The van der Waals surface area contributed by atoms with E-state index >= 15 is 0 Å². The lowest BCUT2D eigenvalue weighted by atomic mass is 9.95. The Balaban J connectivity index is 2.29. The highest BCUT2D eigenvalue weighted by Gasteiger charge is 2.30. The van der Waals surface area contributed by atoms with Crippen molar-refractivity contribution in [2.45, 2.75) is 19.8 Å². The second kappa shape index (κ2) is 7.48. The van der Waals surface area contributed by atoms with Crippen molar-refractivity contribution in [1.29, 1.82) is 5.26 Å². The zero-order chi connectivity index (χ0) is 17.9. The molecule has 2 aromatic rings. The summed E-state index contributed by atoms with van der Waals surface area (Å²) in [5.41, 5.74) is 2.51. The quantitative estimate of drug-likeness (QED) is 0.820. The van der Waals surface area contributed by atoms with Crippen LogP contribution in [0.3, 0.4) is 0 Å². The number of ketones is 1. The molecule has 0 spiro atoms. The van der Waals surface area contributed by atoms with Crippen molar-refractivity contribution < 1.29 is 9.59 Å². The molecule has 0 aliphatic heterocycles. The largest absolute Gasteiger partial charge is 0.319 e. The van der Waals surface area contributed by atoms with Gasteiger partial charge >= 0.3 is 0 Å². The van der Waals surface area contributed by atoms with Gasteiger partial charge in [0.2, 0.25) is 5.78 Å². The highest BCUT2D eigenvalue weighted by molar-refractivity contribution is 6.44. The van der Waals surface area contributed by atoms with Gasteiger partial charge in [-0.2, -0.15) is 5.26 Å². The molecule has 1 N–H and O–H groups in total. The number of carbonyl (C=O) groups is 2. The van der Waals surface area contributed by atoms with E-state index in [1.165, 1.54) is 12.1 Å². The molecule has 24 heavy (non-hydrogen) atoms. The second-order valence-corrected chi connectivity index (χ2v) is 6.15. The van der Waals surface area contributed by atoms with Crippen LogP contribution in [-0.4, -0.2) is 11.7 Å². The summed E-state index contributed by atoms with van der Waals surface area (Å²) in [7, 11) is 0. The van der Waals surface area contributed by atoms with E-state index in [1.807, 2.05) is 32.0 Å². The maximum Gasteiger partial charge on any atom is 0.293 e. The highest BCUT2D eigenvalue weighted by atomic mass is 35.5. The summed E-state index contributed by atoms with van der Waals surface area (Å²) < 4.78 is 0. The Hall–Kier alpha value is -2.35. The van der Waals surface area contributed by atoms with E-state index in [0.717, 1.165) is 11.1 Å². The Bertz CT molecular complexity index is 836. The first-order valence-corrected chi connectivity index (χ1v) is 7.86. The molecule has 0 radical (unpaired) electrons. The summed E-state index contributed by atoms with van der Waals surface area (Å²) in [4.78, 5) is 24.7. The molecule has 0 saturated carbocycles. The van der Waals surface area contributed by atoms with Crippen LogP contribution in [0, 0.1) is 25.2 Å². The fraction of sp³-hybridized carbons (Fsp3) is 0.167. The summed E-state index contributed by atoms with van der Waals surface area (Å²) in [6.07, 6.45) is 0. The minimum atomic E-state index is -1.36. The van der Waals surface area contributed by atoms with Crippen molar-refractivity contribution in [3.05, 3.63) is 63.1 Å². The number of aryl methyl sites for hydroxylation is 2. The molecule has 6 heteroatoms. The first kappa shape index (κ1) is 18.0. The SMILES string of the molecule is Cc1ccc(NC(=O)C(=O)[C@H](C#N)c2c(Cl)cccc2Cl)c(C)c1. The van der Waals surface area contributed by atoms with Crippen LogP contribution in [0.5, 0.6) is 0 Å². The number of amides is 1. The molecular weight excluding hydrogens is 347 g/mol. The van der Waals surface area contributed by atoms with Gasteiger partial charge in [0.25, 0.3) is 5.91 Å². The minimum Gasteiger partial charge on any atom is -0.319 e. The van der Waals surface area contributed by atoms with Gasteiger partial charge < -0.3 is 5.32 Å². The van der Waals surface area contributed by atoms with Gasteiger partial charge in [0.1, 0.15) is 5.92 Å². The maximum absolute atomic E-state index is 12.4. The lowest BCUT2D eigenvalue weighted by molar-refractivity contribution is -0.135. The number of nitrogens with zero attached hydrogens (tertiary/aromatic N) is 1. The van der Waals surface area contributed by atoms with Crippen molar-refractivity contribution in [1.82, 2.24) is 0 Å². The molecular formula is C18H14Cl2N2O2. The van der Waals surface area contributed by atoms with Crippen molar-refractivity contribution >= 4 is 40.6 Å². The molecule has 1 amide bonds. The molecule has 4 nitrogen and oxygen atoms in total. The molecule has 0 aliphatic carbocycles. The number of hydrogen-bond donors (Lipinski definition) is 1. The Morgan fingerprint density at radius 1 is 1.12 bits per heavy atom. The van der Waals surface area contributed by atoms with Gasteiger partial charge in [-0.3, -0.25) is 9.59 Å². The molecule has 0 aromatic heterocycles. The van der Waals surface area contributed by atoms with Crippen molar-refractivity contribution in [2.75, 3.05) is 5.32 Å². The third-order valence-electron chi connectivity index (χ3n) is 3.53. The van der Waals surface area contributed by atoms with Crippen LogP contribution in [0.1, 0.15) is 22.6 Å². The summed E-state index contributed by atoms with van der Waals surface area (Å²) in [6, 6.07) is 11.9. The number of hydrogen-bond acceptors (Lipinski definition) is 3. The third kappa shape index (κ3) is 3.76. The van der Waals surface area contributed by atoms with Gasteiger partial charge in [-0.25, -0.2) is 0 Å². The molecule has 0 aliphatic rings. The lowest BCUT2D eigenvalue weighted by Crippen LogP contribution is -2.28. The fourth-order valence-corrected chi connectivity index (χ4v) is 2.93. The zero-order valence-electron chi connectivity index (χ0n) is 13.1. The number of anilines is 1. The predicted molar refractivity (Wildman–Crippen MR) is 94.4 cm³/mol. The van der Waals surface area contributed by atoms with Crippen LogP contribution >= 0.6 is 23.2 Å². The topological polar surface area (TPSA) is 70.0 Å². The molecule has 0 fully saturated rings. The second-order valence-electron chi connectivity index (χ2n) is 5.33. The number of nitriles is 1. The number of carbonyl (C=O) groups excluding carboxylic acids is 2. The lowest BCUT2D eigenvalue weighted by Gasteiger charge is -2.13. The van der Waals surface area contributed by atoms with Gasteiger partial charge in [-0.1, -0.05) is 47.0 Å². The van der Waals surface area contributed by atoms with Crippen LogP contribution in [0.4, 0.5) is 5.69 Å². The average Bonchev–Trinajstić information content (AvgIpc) is 2.53. The van der Waals surface area contributed by atoms with Crippen LogP contribution in [0.15, 0.2) is 36.4 Å². The molecule has 0 saturated heterocycles. The maximum atomic E-state index is 12.4. The van der Waals surface area contributed by atoms with Crippen molar-refractivity contribution in [2.24, 2.45) is 0 Å². The standard InChI is InChI=1S/C18H14Cl2N2O2/c1-10-6-7-15(11(2)8-10)22-18(24)17(23)12(9-21)16-13(19)4-3-5-14(16)20/h3-8,12H,1-2H3,(H,22,24)/t12-/m1/s1. The average molecular weight is 361 g/mol. The summed E-state index contributed by atoms with van der Waals surface area (Å²) in [5.74, 6) is -3.16. The van der Waals surface area contributed by atoms with E-state index in [4.69, 9.17) is 23.2 Å². The van der Waals surface area contributed by atoms with E-state index in [9.17, 15) is 14.9 Å². The van der Waals surface area contributed by atoms with E-state index in [2.05, 4.69) is 5.32 Å². The summed E-state index contributed by atoms with van der Waals surface area (Å²) in [5, 5.41) is 12.2. The fourth-order valence-electron chi connectivity index (χ4n) is 2.31. The Morgan fingerprint density at radius 2 is 1.75 bits per heavy atom. The van der Waals surface area contributed by atoms with Gasteiger partial charge in [0.05, 0.1) is 6.07 Å². The van der Waals surface area contributed by atoms with Crippen molar-refractivity contribution in [3.63, 3.8) is 0 Å². The highest BCUT2D eigenvalue weighted by Crippen LogP contribution is 2.32. The molecule has 1 atom stereocenters. The first-order valence-electron chi connectivity index (χ1n) is 7.11. The smallest absolute Gasteiger partial charge is 0.293 e. The van der Waals surface area contributed by atoms with Gasteiger partial charge in [-0.15, -0.1) is 0 Å². The summed E-state index contributed by atoms with van der Waals surface area (Å²) >= 11 is 12.1. The molecule has 2 rings (SSSR count). The Kier molecular flexibility index (Phi) is 5.61. The number of Topliss-reactive ketones (excluding diaryl/α,β-unsaturated/α-hetero) is 1. The molecule has 2 aromatic carbocycles. The predicted octanol–water partition coefficient (Wildman–Crippen LogP) is 4.43. The number of benzene rings is 2. The van der Waals surface area contributed by atoms with Gasteiger partial charge in [0, 0.05) is 21.3 Å². The van der Waals surface area contributed by atoms with Crippen LogP contribution < -0.4 is 5.32 Å². The van der Waals surface area contributed by atoms with Crippen LogP contribution in [0.2, 0.25) is 10.0 Å². The Morgan fingerprint density at radius 3 is 2.29 bits per heavy atom. The minimum absolute atomic E-state index is 0.143. The zero-order valence-corrected chi connectivity index (χ0v) is 14.6. The number of nitrogens with one attached hydrogen (secondary N) is 1. The number of rotatable bonds is 4. The first-order chi connectivity index (χ1) is 11.3. The molecule has 0 bridgehead atoms. The van der Waals surface area contributed by atoms with Crippen molar-refractivity contribution in [3.8, 4) is 6.07 Å². The normalized spacial score (nSPS) is 11.5. The van der Waals surface area contributed by atoms with E-state index in [-0.39, 0.29) is 15.6 Å². The van der Waals surface area contributed by atoms with Crippen LogP contribution in [0.25, 0.3) is 0 Å². The third-order valence-corrected chi connectivity index (χ3v) is 4.19. The van der Waals surface area contributed by atoms with E-state index < -0.39 is 17.6 Å². The number of halogens is 2. The van der Waals surface area contributed by atoms with E-state index in [1.54, 1.807) is 12.1 Å².